The molecule has 0 aromatic heterocycles. The highest BCUT2D eigenvalue weighted by Gasteiger charge is 2.21. The van der Waals surface area contributed by atoms with Gasteiger partial charge in [-0.05, 0) is 36.8 Å². The molecule has 82 valence electrons. The summed E-state index contributed by atoms with van der Waals surface area (Å²) in [4.78, 5) is 11.0. The van der Waals surface area contributed by atoms with Gasteiger partial charge in [0.05, 0.1) is 0 Å². The Kier molecular flexibility index (Phi) is 4.54. The number of fused-ring (bicyclic) bond motifs is 1. The number of benzene rings is 1. The van der Waals surface area contributed by atoms with Crippen molar-refractivity contribution in [3.05, 3.63) is 35.4 Å². The molecule has 0 fully saturated rings. The highest BCUT2D eigenvalue weighted by molar-refractivity contribution is 5.75. The van der Waals surface area contributed by atoms with Gasteiger partial charge < -0.3 is 4.79 Å². The van der Waals surface area contributed by atoms with Crippen LogP contribution in [0.15, 0.2) is 24.3 Å². The molecule has 1 aromatic rings. The average Bonchev–Trinajstić information content (AvgIpc) is 2.61. The first-order valence-electron chi connectivity index (χ1n) is 5.82. The van der Waals surface area contributed by atoms with Crippen molar-refractivity contribution in [1.82, 2.24) is 0 Å². The summed E-state index contributed by atoms with van der Waals surface area (Å²) in [6.45, 7) is 5.68. The minimum Gasteiger partial charge on any atom is -0.300 e. The van der Waals surface area contributed by atoms with Crippen molar-refractivity contribution in [2.24, 2.45) is 5.92 Å². The summed E-state index contributed by atoms with van der Waals surface area (Å²) in [5, 5.41) is 0. The first kappa shape index (κ1) is 12.0. The van der Waals surface area contributed by atoms with Crippen LogP contribution in [-0.2, 0) is 17.6 Å². The molecule has 0 atom stereocenters. The summed E-state index contributed by atoms with van der Waals surface area (Å²) in [7, 11) is 0. The summed E-state index contributed by atoms with van der Waals surface area (Å²) >= 11 is 0. The van der Waals surface area contributed by atoms with Gasteiger partial charge in [0.25, 0.3) is 0 Å². The molecule has 0 radical (unpaired) electrons. The molecule has 15 heavy (non-hydrogen) atoms. The van der Waals surface area contributed by atoms with E-state index in [1.165, 1.54) is 11.1 Å². The van der Waals surface area contributed by atoms with Gasteiger partial charge in [0, 0.05) is 6.42 Å². The summed E-state index contributed by atoms with van der Waals surface area (Å²) in [5.41, 5.74) is 2.88. The monoisotopic (exact) mass is 204 g/mol. The molecule has 0 N–H and O–H groups in total. The summed E-state index contributed by atoms with van der Waals surface area (Å²) in [5.74, 6) is 0.882. The van der Waals surface area contributed by atoms with Crippen LogP contribution in [-0.4, -0.2) is 5.78 Å². The number of rotatable bonds is 2. The highest BCUT2D eigenvalue weighted by Crippen LogP contribution is 2.28. The Morgan fingerprint density at radius 2 is 1.67 bits per heavy atom. The predicted octanol–water partition coefficient (Wildman–Crippen LogP) is 3.41. The molecule has 0 aliphatic heterocycles. The third kappa shape index (κ3) is 3.19. The molecule has 1 aliphatic rings. The van der Waals surface area contributed by atoms with Crippen LogP contribution in [0, 0.1) is 5.92 Å². The molecule has 0 bridgehead atoms. The molecule has 1 nitrogen and oxygen atoms in total. The molecule has 0 unspecified atom stereocenters. The Morgan fingerprint density at radius 1 is 1.20 bits per heavy atom. The van der Waals surface area contributed by atoms with E-state index in [1.54, 1.807) is 6.92 Å². The molecule has 0 heterocycles. The maximum absolute atomic E-state index is 11.0. The lowest BCUT2D eigenvalue weighted by Crippen LogP contribution is -2.04. The van der Waals surface area contributed by atoms with Gasteiger partial charge in [0.2, 0.25) is 0 Å². The van der Waals surface area contributed by atoms with Gasteiger partial charge in [0.1, 0.15) is 5.78 Å². The summed E-state index contributed by atoms with van der Waals surface area (Å²) < 4.78 is 0. The SMILES string of the molecule is CC.CC(=O)CC1Cc2ccccc2C1. The lowest BCUT2D eigenvalue weighted by atomic mass is 10.0. The molecule has 0 saturated carbocycles. The number of carbonyl (C=O) groups excluding carboxylic acids is 1. The smallest absolute Gasteiger partial charge is 0.130 e. The fourth-order valence-corrected chi connectivity index (χ4v) is 2.20. The van der Waals surface area contributed by atoms with E-state index in [4.69, 9.17) is 0 Å². The van der Waals surface area contributed by atoms with Crippen LogP contribution in [0.3, 0.4) is 0 Å². The Labute approximate surface area is 92.5 Å². The van der Waals surface area contributed by atoms with Crippen molar-refractivity contribution in [2.75, 3.05) is 0 Å². The number of Topliss-reactive ketones (excluding diaryl/α,β-unsaturated/α-hetero) is 1. The van der Waals surface area contributed by atoms with Gasteiger partial charge in [-0.15, -0.1) is 0 Å². The van der Waals surface area contributed by atoms with Crippen LogP contribution < -0.4 is 0 Å². The van der Waals surface area contributed by atoms with Gasteiger partial charge in [-0.25, -0.2) is 0 Å². The van der Waals surface area contributed by atoms with E-state index in [-0.39, 0.29) is 0 Å². The van der Waals surface area contributed by atoms with Crippen molar-refractivity contribution >= 4 is 5.78 Å². The van der Waals surface area contributed by atoms with Crippen molar-refractivity contribution < 1.29 is 4.79 Å². The number of hydrogen-bond donors (Lipinski definition) is 0. The fourth-order valence-electron chi connectivity index (χ4n) is 2.20. The van der Waals surface area contributed by atoms with Crippen LogP contribution in [0.25, 0.3) is 0 Å². The van der Waals surface area contributed by atoms with Crippen molar-refractivity contribution in [3.63, 3.8) is 0 Å². The maximum Gasteiger partial charge on any atom is 0.130 e. The van der Waals surface area contributed by atoms with Crippen LogP contribution >= 0.6 is 0 Å². The number of carbonyl (C=O) groups is 1. The molecule has 0 saturated heterocycles. The van der Waals surface area contributed by atoms with Gasteiger partial charge in [-0.1, -0.05) is 38.1 Å². The minimum absolute atomic E-state index is 0.317. The fraction of sp³-hybridized carbons (Fsp3) is 0.500. The molecule has 0 spiro atoms. The Balaban J connectivity index is 0.000000531. The normalized spacial score (nSPS) is 14.1. The van der Waals surface area contributed by atoms with E-state index < -0.39 is 0 Å². The van der Waals surface area contributed by atoms with Crippen LogP contribution in [0.4, 0.5) is 0 Å². The van der Waals surface area contributed by atoms with Crippen LogP contribution in [0.5, 0.6) is 0 Å². The lowest BCUT2D eigenvalue weighted by molar-refractivity contribution is -0.117. The summed E-state index contributed by atoms with van der Waals surface area (Å²) in [6, 6.07) is 8.51. The quantitative estimate of drug-likeness (QED) is 0.721. The van der Waals surface area contributed by atoms with Gasteiger partial charge in [-0.2, -0.15) is 0 Å². The molecule has 1 aromatic carbocycles. The van der Waals surface area contributed by atoms with E-state index in [1.807, 2.05) is 13.8 Å². The predicted molar refractivity (Wildman–Crippen MR) is 64.0 cm³/mol. The third-order valence-electron chi connectivity index (χ3n) is 2.71. The topological polar surface area (TPSA) is 17.1 Å². The Bertz CT molecular complexity index is 303. The maximum atomic E-state index is 11.0. The van der Waals surface area contributed by atoms with Gasteiger partial charge in [0.15, 0.2) is 0 Å². The minimum atomic E-state index is 0.317. The van der Waals surface area contributed by atoms with E-state index in [2.05, 4.69) is 24.3 Å². The van der Waals surface area contributed by atoms with Crippen molar-refractivity contribution in [3.8, 4) is 0 Å². The zero-order valence-electron chi connectivity index (χ0n) is 9.92. The molecule has 1 heteroatoms. The number of ketones is 1. The highest BCUT2D eigenvalue weighted by atomic mass is 16.1. The second-order valence-electron chi connectivity index (χ2n) is 3.95. The second kappa shape index (κ2) is 5.69. The van der Waals surface area contributed by atoms with Crippen molar-refractivity contribution in [2.45, 2.75) is 40.0 Å². The molecular formula is C14H20O. The first-order valence-corrected chi connectivity index (χ1v) is 5.82. The third-order valence-corrected chi connectivity index (χ3v) is 2.71. The van der Waals surface area contributed by atoms with E-state index in [0.717, 1.165) is 19.3 Å². The zero-order chi connectivity index (χ0) is 11.3. The van der Waals surface area contributed by atoms with E-state index in [9.17, 15) is 4.79 Å². The van der Waals surface area contributed by atoms with E-state index >= 15 is 0 Å². The Hall–Kier alpha value is -1.11. The van der Waals surface area contributed by atoms with Gasteiger partial charge in [-0.3, -0.25) is 0 Å². The van der Waals surface area contributed by atoms with Crippen LogP contribution in [0.2, 0.25) is 0 Å². The van der Waals surface area contributed by atoms with Crippen LogP contribution in [0.1, 0.15) is 38.3 Å². The first-order chi connectivity index (χ1) is 7.25. The van der Waals surface area contributed by atoms with Crippen molar-refractivity contribution in [1.29, 1.82) is 0 Å². The zero-order valence-corrected chi connectivity index (χ0v) is 9.92. The Morgan fingerprint density at radius 3 is 2.07 bits per heavy atom. The summed E-state index contributed by atoms with van der Waals surface area (Å²) in [6.07, 6.45) is 2.93. The van der Waals surface area contributed by atoms with Gasteiger partial charge >= 0.3 is 0 Å². The van der Waals surface area contributed by atoms with E-state index in [0.29, 0.717) is 11.7 Å². The average molecular weight is 204 g/mol. The standard InChI is InChI=1S/C12H14O.C2H6/c1-9(13)6-10-7-11-4-2-3-5-12(11)8-10;1-2/h2-5,10H,6-8H2,1H3;1-2H3. The molecular weight excluding hydrogens is 184 g/mol. The molecule has 2 rings (SSSR count). The molecule has 1 aliphatic carbocycles. The molecule has 0 amide bonds. The number of hydrogen-bond acceptors (Lipinski definition) is 1. The largest absolute Gasteiger partial charge is 0.300 e. The lowest BCUT2D eigenvalue weighted by Gasteiger charge is -2.03. The second-order valence-corrected chi connectivity index (χ2v) is 3.95.